The Balaban J connectivity index is 2.05. The SMILES string of the molecule is CC1=CC=C(C(F)(F)F)C(CC2CCNCC2)C1. The molecular weight excluding hydrogens is 239 g/mol. The fourth-order valence-electron chi connectivity index (χ4n) is 2.99. The van der Waals surface area contributed by atoms with E-state index in [4.69, 9.17) is 0 Å². The maximum atomic E-state index is 13.0. The summed E-state index contributed by atoms with van der Waals surface area (Å²) in [5, 5.41) is 3.25. The molecule has 0 bridgehead atoms. The highest BCUT2D eigenvalue weighted by molar-refractivity contribution is 5.28. The maximum absolute atomic E-state index is 13.0. The van der Waals surface area contributed by atoms with Crippen molar-refractivity contribution in [2.45, 2.75) is 38.8 Å². The fourth-order valence-corrected chi connectivity index (χ4v) is 2.99. The van der Waals surface area contributed by atoms with Crippen molar-refractivity contribution < 1.29 is 13.2 Å². The fraction of sp³-hybridized carbons (Fsp3) is 0.714. The lowest BCUT2D eigenvalue weighted by Gasteiger charge is -2.31. The third-order valence-corrected chi connectivity index (χ3v) is 3.96. The molecule has 1 aliphatic heterocycles. The molecule has 18 heavy (non-hydrogen) atoms. The van der Waals surface area contributed by atoms with Crippen LogP contribution in [-0.2, 0) is 0 Å². The third-order valence-electron chi connectivity index (χ3n) is 3.96. The zero-order valence-corrected chi connectivity index (χ0v) is 10.7. The van der Waals surface area contributed by atoms with E-state index >= 15 is 0 Å². The lowest BCUT2D eigenvalue weighted by molar-refractivity contribution is -0.100. The Bertz CT molecular complexity index is 349. The van der Waals surface area contributed by atoms with Crippen LogP contribution in [0.1, 0.15) is 32.6 Å². The normalized spacial score (nSPS) is 26.8. The lowest BCUT2D eigenvalue weighted by Crippen LogP contribution is -2.31. The van der Waals surface area contributed by atoms with Crippen LogP contribution in [0.2, 0.25) is 0 Å². The van der Waals surface area contributed by atoms with Gasteiger partial charge in [0.15, 0.2) is 0 Å². The molecule has 1 fully saturated rings. The standard InChI is InChI=1S/C14H20F3N/c1-10-2-3-13(14(15,16)17)12(8-10)9-11-4-6-18-7-5-11/h2-3,11-12,18H,4-9H2,1H3. The van der Waals surface area contributed by atoms with Crippen molar-refractivity contribution in [3.05, 3.63) is 23.3 Å². The van der Waals surface area contributed by atoms with Gasteiger partial charge >= 0.3 is 6.18 Å². The zero-order chi connectivity index (χ0) is 13.2. The van der Waals surface area contributed by atoms with E-state index in [-0.39, 0.29) is 11.5 Å². The van der Waals surface area contributed by atoms with Crippen LogP contribution in [0.3, 0.4) is 0 Å². The summed E-state index contributed by atoms with van der Waals surface area (Å²) >= 11 is 0. The number of rotatable bonds is 2. The van der Waals surface area contributed by atoms with E-state index in [0.717, 1.165) is 31.5 Å². The summed E-state index contributed by atoms with van der Waals surface area (Å²) in [6, 6.07) is 0. The van der Waals surface area contributed by atoms with E-state index in [0.29, 0.717) is 18.8 Å². The molecule has 0 aromatic carbocycles. The monoisotopic (exact) mass is 259 g/mol. The predicted molar refractivity (Wildman–Crippen MR) is 66.2 cm³/mol. The van der Waals surface area contributed by atoms with Gasteiger partial charge < -0.3 is 5.32 Å². The van der Waals surface area contributed by atoms with Crippen LogP contribution in [0.25, 0.3) is 0 Å². The van der Waals surface area contributed by atoms with Crippen LogP contribution in [0.4, 0.5) is 13.2 Å². The van der Waals surface area contributed by atoms with E-state index in [1.807, 2.05) is 6.92 Å². The Labute approximate surface area is 106 Å². The summed E-state index contributed by atoms with van der Waals surface area (Å²) in [6.45, 7) is 3.80. The molecule has 1 heterocycles. The summed E-state index contributed by atoms with van der Waals surface area (Å²) in [4.78, 5) is 0. The van der Waals surface area contributed by atoms with Gasteiger partial charge in [0.1, 0.15) is 0 Å². The number of halogens is 3. The van der Waals surface area contributed by atoms with Crippen molar-refractivity contribution in [2.24, 2.45) is 11.8 Å². The van der Waals surface area contributed by atoms with E-state index in [2.05, 4.69) is 5.32 Å². The summed E-state index contributed by atoms with van der Waals surface area (Å²) in [7, 11) is 0. The van der Waals surface area contributed by atoms with Gasteiger partial charge in [-0.15, -0.1) is 0 Å². The second-order valence-corrected chi connectivity index (χ2v) is 5.46. The van der Waals surface area contributed by atoms with Gasteiger partial charge in [0, 0.05) is 5.57 Å². The number of alkyl halides is 3. The van der Waals surface area contributed by atoms with Crippen molar-refractivity contribution in [3.63, 3.8) is 0 Å². The van der Waals surface area contributed by atoms with E-state index in [9.17, 15) is 13.2 Å². The molecule has 0 amide bonds. The van der Waals surface area contributed by atoms with Crippen LogP contribution >= 0.6 is 0 Å². The Morgan fingerprint density at radius 1 is 1.22 bits per heavy atom. The highest BCUT2D eigenvalue weighted by atomic mass is 19.4. The number of nitrogens with one attached hydrogen (secondary N) is 1. The van der Waals surface area contributed by atoms with Crippen molar-refractivity contribution in [3.8, 4) is 0 Å². The molecule has 0 radical (unpaired) electrons. The Morgan fingerprint density at radius 2 is 1.89 bits per heavy atom. The maximum Gasteiger partial charge on any atom is 0.412 e. The molecule has 0 spiro atoms. The largest absolute Gasteiger partial charge is 0.412 e. The first kappa shape index (κ1) is 13.7. The first-order valence-electron chi connectivity index (χ1n) is 6.62. The number of hydrogen-bond acceptors (Lipinski definition) is 1. The molecule has 1 atom stereocenters. The van der Waals surface area contributed by atoms with E-state index in [1.165, 1.54) is 6.08 Å². The molecule has 1 nitrogen and oxygen atoms in total. The minimum atomic E-state index is -4.17. The molecule has 1 aliphatic carbocycles. The van der Waals surface area contributed by atoms with Crippen molar-refractivity contribution >= 4 is 0 Å². The van der Waals surface area contributed by atoms with Gasteiger partial charge in [-0.05, 0) is 57.5 Å². The number of piperidine rings is 1. The summed E-state index contributed by atoms with van der Waals surface area (Å²) in [5.41, 5.74) is 0.730. The molecule has 2 rings (SSSR count). The van der Waals surface area contributed by atoms with Crippen molar-refractivity contribution in [1.29, 1.82) is 0 Å². The third kappa shape index (κ3) is 3.37. The Morgan fingerprint density at radius 3 is 2.50 bits per heavy atom. The molecule has 1 N–H and O–H groups in total. The van der Waals surface area contributed by atoms with Crippen LogP contribution < -0.4 is 5.32 Å². The predicted octanol–water partition coefficient (Wildman–Crippen LogP) is 3.83. The molecule has 2 aliphatic rings. The molecular formula is C14H20F3N. The van der Waals surface area contributed by atoms with Crippen molar-refractivity contribution in [1.82, 2.24) is 5.32 Å². The quantitative estimate of drug-likeness (QED) is 0.794. The second kappa shape index (κ2) is 5.47. The van der Waals surface area contributed by atoms with E-state index in [1.54, 1.807) is 6.08 Å². The van der Waals surface area contributed by atoms with Crippen LogP contribution in [0.5, 0.6) is 0 Å². The second-order valence-electron chi connectivity index (χ2n) is 5.46. The van der Waals surface area contributed by atoms with Gasteiger partial charge in [0.05, 0.1) is 0 Å². The number of allylic oxidation sites excluding steroid dienone is 4. The zero-order valence-electron chi connectivity index (χ0n) is 10.7. The highest BCUT2D eigenvalue weighted by Crippen LogP contribution is 2.41. The first-order chi connectivity index (χ1) is 8.47. The molecule has 102 valence electrons. The summed E-state index contributed by atoms with van der Waals surface area (Å²) in [5.74, 6) is 0.103. The van der Waals surface area contributed by atoms with Gasteiger partial charge in [0.25, 0.3) is 0 Å². The molecule has 4 heteroatoms. The topological polar surface area (TPSA) is 12.0 Å². The van der Waals surface area contributed by atoms with Gasteiger partial charge in [-0.25, -0.2) is 0 Å². The van der Waals surface area contributed by atoms with Crippen LogP contribution in [0, 0.1) is 11.8 Å². The van der Waals surface area contributed by atoms with Crippen LogP contribution in [-0.4, -0.2) is 19.3 Å². The van der Waals surface area contributed by atoms with Crippen molar-refractivity contribution in [2.75, 3.05) is 13.1 Å². The average Bonchev–Trinajstić information content (AvgIpc) is 2.28. The van der Waals surface area contributed by atoms with E-state index < -0.39 is 6.18 Å². The first-order valence-corrected chi connectivity index (χ1v) is 6.62. The van der Waals surface area contributed by atoms with Gasteiger partial charge in [0.2, 0.25) is 0 Å². The molecule has 0 aromatic heterocycles. The Kier molecular flexibility index (Phi) is 4.15. The molecule has 1 unspecified atom stereocenters. The lowest BCUT2D eigenvalue weighted by atomic mass is 9.78. The van der Waals surface area contributed by atoms with Gasteiger partial charge in [-0.1, -0.05) is 17.7 Å². The molecule has 1 saturated heterocycles. The summed E-state index contributed by atoms with van der Waals surface area (Å²) < 4.78 is 38.9. The highest BCUT2D eigenvalue weighted by Gasteiger charge is 2.39. The Hall–Kier alpha value is -0.770. The smallest absolute Gasteiger partial charge is 0.317 e. The minimum absolute atomic E-state index is 0.327. The molecule has 0 saturated carbocycles. The number of hydrogen-bond donors (Lipinski definition) is 1. The van der Waals surface area contributed by atoms with Gasteiger partial charge in [-0.2, -0.15) is 13.2 Å². The average molecular weight is 259 g/mol. The molecule has 0 aromatic rings. The summed E-state index contributed by atoms with van der Waals surface area (Å²) in [6.07, 6.45) is 1.98. The minimum Gasteiger partial charge on any atom is -0.317 e. The van der Waals surface area contributed by atoms with Gasteiger partial charge in [-0.3, -0.25) is 0 Å². The van der Waals surface area contributed by atoms with Crippen LogP contribution in [0.15, 0.2) is 23.3 Å².